The molecule has 0 saturated heterocycles. The first-order chi connectivity index (χ1) is 7.63. The number of hydrogen-bond donors (Lipinski definition) is 5. The minimum absolute atomic E-state index is 0.0628. The van der Waals surface area contributed by atoms with E-state index in [4.69, 9.17) is 10.2 Å². The van der Waals surface area contributed by atoms with Gasteiger partial charge in [-0.1, -0.05) is 0 Å². The van der Waals surface area contributed by atoms with E-state index in [1.165, 1.54) is 21.1 Å². The molecule has 0 fully saturated rings. The van der Waals surface area contributed by atoms with Crippen molar-refractivity contribution in [3.05, 3.63) is 0 Å². The second kappa shape index (κ2) is 29.2. The molecular formula is C9H25N3O4. The monoisotopic (exact) mass is 239 g/mol. The van der Waals surface area contributed by atoms with Crippen LogP contribution in [0.25, 0.3) is 0 Å². The van der Waals surface area contributed by atoms with Gasteiger partial charge < -0.3 is 27.4 Å². The summed E-state index contributed by atoms with van der Waals surface area (Å²) in [6.07, 6.45) is 1.02. The normalized spacial score (nSPS) is 6.88. The highest BCUT2D eigenvalue weighted by Gasteiger charge is 1.99. The van der Waals surface area contributed by atoms with Crippen LogP contribution >= 0.6 is 0 Å². The third-order valence-electron chi connectivity index (χ3n) is 1.03. The van der Waals surface area contributed by atoms with Crippen molar-refractivity contribution < 1.29 is 19.8 Å². The Balaban J connectivity index is -0.000000103. The topological polar surface area (TPSA) is 153 Å². The minimum atomic E-state index is -0.870. The molecule has 0 aliphatic heterocycles. The van der Waals surface area contributed by atoms with Gasteiger partial charge in [-0.25, -0.2) is 0 Å². The predicted octanol–water partition coefficient (Wildman–Crippen LogP) is -0.559. The van der Waals surface area contributed by atoms with Crippen LogP contribution in [0.4, 0.5) is 0 Å². The molecule has 7 heteroatoms. The van der Waals surface area contributed by atoms with E-state index in [2.05, 4.69) is 17.2 Å². The van der Waals surface area contributed by atoms with Gasteiger partial charge in [0.15, 0.2) is 0 Å². The molecule has 0 spiro atoms. The van der Waals surface area contributed by atoms with Crippen molar-refractivity contribution >= 4 is 11.9 Å². The second-order valence-corrected chi connectivity index (χ2v) is 1.99. The minimum Gasteiger partial charge on any atom is -0.481 e. The van der Waals surface area contributed by atoms with Gasteiger partial charge in [-0.3, -0.25) is 9.59 Å². The van der Waals surface area contributed by atoms with Gasteiger partial charge in [-0.15, -0.1) is 0 Å². The van der Waals surface area contributed by atoms with Crippen molar-refractivity contribution in [1.29, 1.82) is 0 Å². The van der Waals surface area contributed by atoms with Gasteiger partial charge in [0.1, 0.15) is 0 Å². The maximum atomic E-state index is 9.90. The number of carboxylic acids is 2. The molecular weight excluding hydrogens is 214 g/mol. The van der Waals surface area contributed by atoms with Gasteiger partial charge in [0.2, 0.25) is 0 Å². The van der Waals surface area contributed by atoms with Gasteiger partial charge in [0, 0.05) is 12.8 Å². The van der Waals surface area contributed by atoms with Crippen molar-refractivity contribution in [1.82, 2.24) is 0 Å². The van der Waals surface area contributed by atoms with E-state index in [0.717, 1.165) is 0 Å². The smallest absolute Gasteiger partial charge is 0.303 e. The lowest BCUT2D eigenvalue weighted by molar-refractivity contribution is -0.139. The Morgan fingerprint density at radius 1 is 0.750 bits per heavy atom. The maximum absolute atomic E-state index is 9.90. The molecule has 100 valence electrons. The zero-order valence-electron chi connectivity index (χ0n) is 10.3. The molecule has 0 radical (unpaired) electrons. The summed E-state index contributed by atoms with van der Waals surface area (Å²) in [7, 11) is 4.50. The lowest BCUT2D eigenvalue weighted by atomic mass is 10.2. The average Bonchev–Trinajstić information content (AvgIpc) is 2.32. The molecule has 7 nitrogen and oxygen atoms in total. The van der Waals surface area contributed by atoms with Crippen LogP contribution in [0.15, 0.2) is 0 Å². The Kier molecular flexibility index (Phi) is 44.1. The zero-order chi connectivity index (χ0) is 14.0. The average molecular weight is 239 g/mol. The number of nitrogens with two attached hydrogens (primary N) is 3. The van der Waals surface area contributed by atoms with E-state index in [9.17, 15) is 9.59 Å². The molecule has 0 aromatic rings. The molecule has 16 heavy (non-hydrogen) atoms. The van der Waals surface area contributed by atoms with E-state index in [0.29, 0.717) is 12.8 Å². The Labute approximate surface area is 96.6 Å². The van der Waals surface area contributed by atoms with Crippen LogP contribution in [0.2, 0.25) is 0 Å². The highest BCUT2D eigenvalue weighted by molar-refractivity contribution is 5.67. The SMILES string of the molecule is CN.CN.CN.O=C(O)CCCCC(=O)O. The molecule has 0 aliphatic carbocycles. The van der Waals surface area contributed by atoms with Crippen molar-refractivity contribution in [3.8, 4) is 0 Å². The number of unbranched alkanes of at least 4 members (excludes halogenated alkanes) is 1. The van der Waals surface area contributed by atoms with Crippen molar-refractivity contribution in [2.75, 3.05) is 21.1 Å². The highest BCUT2D eigenvalue weighted by atomic mass is 16.4. The van der Waals surface area contributed by atoms with E-state index < -0.39 is 11.9 Å². The third kappa shape index (κ3) is 52.9. The first-order valence-corrected chi connectivity index (χ1v) is 4.79. The summed E-state index contributed by atoms with van der Waals surface area (Å²) in [6.45, 7) is 0. The van der Waals surface area contributed by atoms with E-state index in [-0.39, 0.29) is 12.8 Å². The summed E-state index contributed by atoms with van der Waals surface area (Å²) < 4.78 is 0. The fraction of sp³-hybridized carbons (Fsp3) is 0.778. The quantitative estimate of drug-likeness (QED) is 0.403. The maximum Gasteiger partial charge on any atom is 0.303 e. The summed E-state index contributed by atoms with van der Waals surface area (Å²) in [6, 6.07) is 0. The lowest BCUT2D eigenvalue weighted by Gasteiger charge is -1.92. The molecule has 8 N–H and O–H groups in total. The second-order valence-electron chi connectivity index (χ2n) is 1.99. The molecule has 0 aromatic carbocycles. The number of rotatable bonds is 5. The molecule has 0 aromatic heterocycles. The first kappa shape index (κ1) is 24.2. The standard InChI is InChI=1S/C6H10O4.3CH5N/c7-5(8)3-1-2-4-6(9)10;3*1-2/h1-4H2,(H,7,8)(H,9,10);3*2H2,1H3. The van der Waals surface area contributed by atoms with Crippen LogP contribution < -0.4 is 17.2 Å². The molecule has 0 bridgehead atoms. The highest BCUT2D eigenvalue weighted by Crippen LogP contribution is 1.98. The Morgan fingerprint density at radius 3 is 1.06 bits per heavy atom. The Bertz CT molecular complexity index is 127. The fourth-order valence-corrected chi connectivity index (χ4v) is 0.552. The van der Waals surface area contributed by atoms with Crippen molar-refractivity contribution in [2.24, 2.45) is 17.2 Å². The molecule has 0 saturated carbocycles. The van der Waals surface area contributed by atoms with Gasteiger partial charge in [-0.2, -0.15) is 0 Å². The molecule has 0 aliphatic rings. The van der Waals surface area contributed by atoms with Crippen LogP contribution in [0.1, 0.15) is 25.7 Å². The first-order valence-electron chi connectivity index (χ1n) is 4.79. The lowest BCUT2D eigenvalue weighted by Crippen LogP contribution is -1.97. The van der Waals surface area contributed by atoms with Crippen LogP contribution in [0, 0.1) is 0 Å². The van der Waals surface area contributed by atoms with Gasteiger partial charge in [-0.05, 0) is 34.0 Å². The Morgan fingerprint density at radius 2 is 0.938 bits per heavy atom. The van der Waals surface area contributed by atoms with E-state index in [1.54, 1.807) is 0 Å². The van der Waals surface area contributed by atoms with E-state index >= 15 is 0 Å². The largest absolute Gasteiger partial charge is 0.481 e. The van der Waals surface area contributed by atoms with E-state index in [1.807, 2.05) is 0 Å². The molecule has 0 heterocycles. The van der Waals surface area contributed by atoms with Gasteiger partial charge >= 0.3 is 11.9 Å². The summed E-state index contributed by atoms with van der Waals surface area (Å²) in [5.41, 5.74) is 13.5. The summed E-state index contributed by atoms with van der Waals surface area (Å²) in [4.78, 5) is 19.8. The number of carboxylic acid groups (broad SMARTS) is 2. The van der Waals surface area contributed by atoms with Crippen LogP contribution in [-0.4, -0.2) is 43.3 Å². The van der Waals surface area contributed by atoms with Crippen LogP contribution in [-0.2, 0) is 9.59 Å². The zero-order valence-corrected chi connectivity index (χ0v) is 10.3. The predicted molar refractivity (Wildman–Crippen MR) is 64.1 cm³/mol. The molecule has 0 amide bonds. The Hall–Kier alpha value is -1.18. The fourth-order valence-electron chi connectivity index (χ4n) is 0.552. The third-order valence-corrected chi connectivity index (χ3v) is 1.03. The molecule has 0 rings (SSSR count). The number of hydrogen-bond acceptors (Lipinski definition) is 5. The summed E-state index contributed by atoms with van der Waals surface area (Å²) in [5, 5.41) is 16.3. The molecule has 0 atom stereocenters. The van der Waals surface area contributed by atoms with Gasteiger partial charge in [0.05, 0.1) is 0 Å². The summed E-state index contributed by atoms with van der Waals surface area (Å²) in [5.74, 6) is -1.74. The summed E-state index contributed by atoms with van der Waals surface area (Å²) >= 11 is 0. The van der Waals surface area contributed by atoms with Crippen molar-refractivity contribution in [3.63, 3.8) is 0 Å². The molecule has 0 unspecified atom stereocenters. The number of aliphatic carboxylic acids is 2. The van der Waals surface area contributed by atoms with Crippen LogP contribution in [0.5, 0.6) is 0 Å². The van der Waals surface area contributed by atoms with Crippen molar-refractivity contribution in [2.45, 2.75) is 25.7 Å². The number of carbonyl (C=O) groups is 2. The van der Waals surface area contributed by atoms with Gasteiger partial charge in [0.25, 0.3) is 0 Å². The van der Waals surface area contributed by atoms with Crippen LogP contribution in [0.3, 0.4) is 0 Å².